The van der Waals surface area contributed by atoms with Crippen molar-refractivity contribution in [3.63, 3.8) is 0 Å². The fourth-order valence-electron chi connectivity index (χ4n) is 4.63. The highest BCUT2D eigenvalue weighted by Crippen LogP contribution is 2.36. The molecule has 2 fully saturated rings. The predicted octanol–water partition coefficient (Wildman–Crippen LogP) is 3.47. The van der Waals surface area contributed by atoms with E-state index in [9.17, 15) is 9.90 Å². The maximum absolute atomic E-state index is 12.3. The first-order valence-corrected chi connectivity index (χ1v) is 10.9. The summed E-state index contributed by atoms with van der Waals surface area (Å²) in [4.78, 5) is 18.5. The predicted molar refractivity (Wildman–Crippen MR) is 117 cm³/mol. The topological polar surface area (TPSA) is 69.0 Å². The number of anilines is 1. The van der Waals surface area contributed by atoms with Crippen molar-refractivity contribution in [2.75, 3.05) is 18.1 Å². The van der Waals surface area contributed by atoms with Crippen LogP contribution < -0.4 is 5.01 Å². The van der Waals surface area contributed by atoms with E-state index in [4.69, 9.17) is 0 Å². The molecule has 6 nitrogen and oxygen atoms in total. The maximum Gasteiger partial charge on any atom is 0.225 e. The molecule has 0 spiro atoms. The van der Waals surface area contributed by atoms with Gasteiger partial charge in [-0.15, -0.1) is 0 Å². The third-order valence-electron chi connectivity index (χ3n) is 6.58. The molecule has 0 radical (unpaired) electrons. The molecular weight excluding hydrogens is 376 g/mol. The molecule has 1 N–H and O–H groups in total. The normalized spacial score (nSPS) is 23.0. The lowest BCUT2D eigenvalue weighted by atomic mass is 9.84. The third-order valence-corrected chi connectivity index (χ3v) is 6.58. The van der Waals surface area contributed by atoms with Crippen LogP contribution in [-0.4, -0.2) is 51.8 Å². The number of aliphatic hydroxyl groups is 1. The minimum absolute atomic E-state index is 0.129. The second-order valence-electron chi connectivity index (χ2n) is 8.85. The molecule has 1 aromatic carbocycles. The van der Waals surface area contributed by atoms with Crippen molar-refractivity contribution in [2.45, 2.75) is 50.2 Å². The van der Waals surface area contributed by atoms with E-state index in [0.29, 0.717) is 32.4 Å². The maximum atomic E-state index is 12.3. The van der Waals surface area contributed by atoms with Crippen LogP contribution in [-0.2, 0) is 4.79 Å². The first kappa shape index (κ1) is 19.2. The molecule has 1 saturated heterocycles. The van der Waals surface area contributed by atoms with Crippen molar-refractivity contribution in [2.24, 2.45) is 11.0 Å². The molecule has 1 aromatic heterocycles. The Balaban J connectivity index is 1.27. The molecule has 5 rings (SSSR count). The van der Waals surface area contributed by atoms with Crippen molar-refractivity contribution in [3.8, 4) is 11.1 Å². The van der Waals surface area contributed by atoms with Gasteiger partial charge >= 0.3 is 0 Å². The average Bonchev–Trinajstić information content (AvgIpc) is 3.54. The Hall–Kier alpha value is -2.73. The zero-order chi connectivity index (χ0) is 20.6. The van der Waals surface area contributed by atoms with Crippen LogP contribution >= 0.6 is 0 Å². The molecule has 3 heterocycles. The van der Waals surface area contributed by atoms with Gasteiger partial charge in [-0.05, 0) is 55.9 Å². The second kappa shape index (κ2) is 7.84. The number of carbonyl (C=O) groups excluding carboxylic acids is 1. The molecule has 2 aliphatic heterocycles. The summed E-state index contributed by atoms with van der Waals surface area (Å²) in [5, 5.41) is 17.9. The molecule has 1 saturated carbocycles. The zero-order valence-electron chi connectivity index (χ0n) is 17.2. The van der Waals surface area contributed by atoms with Crippen LogP contribution in [0.5, 0.6) is 0 Å². The van der Waals surface area contributed by atoms with Gasteiger partial charge < -0.3 is 10.0 Å². The summed E-state index contributed by atoms with van der Waals surface area (Å²) < 4.78 is 0. The molecule has 1 amide bonds. The summed E-state index contributed by atoms with van der Waals surface area (Å²) in [6, 6.07) is 12.4. The molecule has 0 bridgehead atoms. The van der Waals surface area contributed by atoms with Gasteiger partial charge in [0.15, 0.2) is 0 Å². The van der Waals surface area contributed by atoms with Gasteiger partial charge in [0.2, 0.25) is 5.91 Å². The van der Waals surface area contributed by atoms with Gasteiger partial charge in [-0.2, -0.15) is 5.10 Å². The molecule has 6 heteroatoms. The molecule has 156 valence electrons. The second-order valence-corrected chi connectivity index (χ2v) is 8.85. The van der Waals surface area contributed by atoms with E-state index in [2.05, 4.69) is 34.4 Å². The first-order valence-electron chi connectivity index (χ1n) is 10.9. The fraction of sp³-hybridized carbons (Fsp3) is 0.458. The van der Waals surface area contributed by atoms with Crippen molar-refractivity contribution in [3.05, 3.63) is 48.8 Å². The van der Waals surface area contributed by atoms with Gasteiger partial charge in [-0.1, -0.05) is 18.2 Å². The van der Waals surface area contributed by atoms with Gasteiger partial charge in [0, 0.05) is 49.6 Å². The van der Waals surface area contributed by atoms with E-state index in [1.165, 1.54) is 0 Å². The van der Waals surface area contributed by atoms with Crippen molar-refractivity contribution in [1.82, 2.24) is 9.88 Å². The van der Waals surface area contributed by atoms with E-state index in [0.717, 1.165) is 36.1 Å². The number of likely N-dealkylation sites (tertiary alicyclic amines) is 1. The Labute approximate surface area is 177 Å². The van der Waals surface area contributed by atoms with E-state index in [1.54, 1.807) is 6.20 Å². The number of rotatable bonds is 5. The van der Waals surface area contributed by atoms with E-state index in [-0.39, 0.29) is 17.9 Å². The van der Waals surface area contributed by atoms with Gasteiger partial charge in [0.05, 0.1) is 17.3 Å². The number of hydrazone groups is 1. The molecule has 30 heavy (non-hydrogen) atoms. The summed E-state index contributed by atoms with van der Waals surface area (Å²) in [7, 11) is 0. The summed E-state index contributed by atoms with van der Waals surface area (Å²) in [5.41, 5.74) is 2.47. The summed E-state index contributed by atoms with van der Waals surface area (Å²) in [6.07, 6.45) is 10.4. The number of aromatic nitrogens is 1. The highest BCUT2D eigenvalue weighted by Gasteiger charge is 2.41. The summed E-state index contributed by atoms with van der Waals surface area (Å²) in [6.45, 7) is 1.33. The Morgan fingerprint density at radius 1 is 1.13 bits per heavy atom. The van der Waals surface area contributed by atoms with E-state index in [1.807, 2.05) is 34.5 Å². The Bertz CT molecular complexity index is 933. The molecule has 3 aliphatic rings. The monoisotopic (exact) mass is 404 g/mol. The molecule has 2 aromatic rings. The van der Waals surface area contributed by atoms with Gasteiger partial charge in [0.1, 0.15) is 0 Å². The quantitative estimate of drug-likeness (QED) is 0.829. The number of carbonyl (C=O) groups is 1. The number of amides is 1. The van der Waals surface area contributed by atoms with Crippen molar-refractivity contribution >= 4 is 17.8 Å². The van der Waals surface area contributed by atoms with Crippen LogP contribution in [0.25, 0.3) is 11.1 Å². The third kappa shape index (κ3) is 3.97. The largest absolute Gasteiger partial charge is 0.390 e. The Kier molecular flexibility index (Phi) is 5.03. The number of piperidine rings is 1. The van der Waals surface area contributed by atoms with Crippen LogP contribution in [0.3, 0.4) is 0 Å². The first-order chi connectivity index (χ1) is 14.6. The molecule has 1 unspecified atom stereocenters. The lowest BCUT2D eigenvalue weighted by Crippen LogP contribution is -2.49. The Morgan fingerprint density at radius 3 is 2.67 bits per heavy atom. The minimum atomic E-state index is -0.738. The number of benzene rings is 1. The number of pyridine rings is 1. The van der Waals surface area contributed by atoms with Crippen LogP contribution in [0.15, 0.2) is 53.9 Å². The standard InChI is InChI=1S/C24H28N4O2/c29-23(18-6-7-18)27-13-9-24(30,10-14-27)16-22-8-12-26-28(22)21-5-1-3-19(15-21)20-4-2-11-25-17-20/h1-5,11-12,15,17-18,22,30H,6-10,13-14,16H2. The van der Waals surface area contributed by atoms with Crippen LogP contribution in [0.1, 0.15) is 38.5 Å². The minimum Gasteiger partial charge on any atom is -0.390 e. The SMILES string of the molecule is O=C(C1CC1)N1CCC(O)(CC2CC=NN2c2cccc(-c3cccnc3)c2)CC1. The van der Waals surface area contributed by atoms with Crippen molar-refractivity contribution in [1.29, 1.82) is 0 Å². The number of hydrogen-bond acceptors (Lipinski definition) is 5. The van der Waals surface area contributed by atoms with Crippen LogP contribution in [0, 0.1) is 5.92 Å². The lowest BCUT2D eigenvalue weighted by molar-refractivity contribution is -0.137. The number of hydrogen-bond donors (Lipinski definition) is 1. The highest BCUT2D eigenvalue weighted by molar-refractivity contribution is 5.81. The molecule has 1 atom stereocenters. The lowest BCUT2D eigenvalue weighted by Gasteiger charge is -2.40. The highest BCUT2D eigenvalue weighted by atomic mass is 16.3. The smallest absolute Gasteiger partial charge is 0.225 e. The van der Waals surface area contributed by atoms with Gasteiger partial charge in [-0.3, -0.25) is 14.8 Å². The van der Waals surface area contributed by atoms with Gasteiger partial charge in [0.25, 0.3) is 0 Å². The average molecular weight is 405 g/mol. The molecule has 1 aliphatic carbocycles. The molecular formula is C24H28N4O2. The van der Waals surface area contributed by atoms with Crippen LogP contribution in [0.2, 0.25) is 0 Å². The number of nitrogens with zero attached hydrogens (tertiary/aromatic N) is 4. The zero-order valence-corrected chi connectivity index (χ0v) is 17.2. The summed E-state index contributed by atoms with van der Waals surface area (Å²) in [5.74, 6) is 0.539. The Morgan fingerprint density at radius 2 is 1.93 bits per heavy atom. The van der Waals surface area contributed by atoms with Crippen LogP contribution in [0.4, 0.5) is 5.69 Å². The van der Waals surface area contributed by atoms with E-state index >= 15 is 0 Å². The fourth-order valence-corrected chi connectivity index (χ4v) is 4.63. The van der Waals surface area contributed by atoms with Gasteiger partial charge in [-0.25, -0.2) is 0 Å². The van der Waals surface area contributed by atoms with E-state index < -0.39 is 5.60 Å². The summed E-state index contributed by atoms with van der Waals surface area (Å²) >= 11 is 0. The van der Waals surface area contributed by atoms with Crippen molar-refractivity contribution < 1.29 is 9.90 Å².